The van der Waals surface area contributed by atoms with Gasteiger partial charge in [0.2, 0.25) is 5.91 Å². The Morgan fingerprint density at radius 2 is 1.65 bits per heavy atom. The molecule has 0 atom stereocenters. The van der Waals surface area contributed by atoms with Crippen molar-refractivity contribution in [3.8, 4) is 11.5 Å². The summed E-state index contributed by atoms with van der Waals surface area (Å²) in [6.07, 6.45) is -0.0978. The molecule has 0 aliphatic rings. The number of hydrogen-bond donors (Lipinski definition) is 0. The quantitative estimate of drug-likeness (QED) is 0.707. The van der Waals surface area contributed by atoms with E-state index in [4.69, 9.17) is 9.47 Å². The molecule has 140 valence electrons. The topological polar surface area (TPSA) is 72.9 Å². The lowest BCUT2D eigenvalue weighted by atomic mass is 10.2. The van der Waals surface area contributed by atoms with Crippen molar-refractivity contribution in [1.82, 2.24) is 0 Å². The molecule has 0 saturated heterocycles. The predicted molar refractivity (Wildman–Crippen MR) is 101 cm³/mol. The lowest BCUT2D eigenvalue weighted by molar-refractivity contribution is -0.118. The standard InChI is InChI=1S/C19H23NO5S/c1-4-20(15-8-6-5-7-9-15)19(21)12-13-26(22,23)16-10-11-17(24-2)18(14-16)25-3/h5-11,14H,4,12-13H2,1-3H3. The first-order valence-electron chi connectivity index (χ1n) is 8.23. The number of rotatable bonds is 8. The van der Waals surface area contributed by atoms with Crippen LogP contribution in [0, 0.1) is 0 Å². The average Bonchev–Trinajstić information content (AvgIpc) is 2.67. The second-order valence-corrected chi connectivity index (χ2v) is 7.67. The van der Waals surface area contributed by atoms with Crippen LogP contribution in [-0.4, -0.2) is 40.8 Å². The number of amides is 1. The molecule has 0 heterocycles. The van der Waals surface area contributed by atoms with E-state index < -0.39 is 9.84 Å². The van der Waals surface area contributed by atoms with Gasteiger partial charge in [0.05, 0.1) is 24.9 Å². The van der Waals surface area contributed by atoms with Crippen molar-refractivity contribution < 1.29 is 22.7 Å². The van der Waals surface area contributed by atoms with Crippen molar-refractivity contribution in [3.05, 3.63) is 48.5 Å². The highest BCUT2D eigenvalue weighted by Gasteiger charge is 2.21. The Bertz CT molecular complexity index is 849. The number of sulfone groups is 1. The summed E-state index contributed by atoms with van der Waals surface area (Å²) < 4.78 is 35.4. The zero-order valence-electron chi connectivity index (χ0n) is 15.1. The second-order valence-electron chi connectivity index (χ2n) is 5.56. The van der Waals surface area contributed by atoms with Crippen LogP contribution in [0.3, 0.4) is 0 Å². The maximum atomic E-state index is 12.6. The van der Waals surface area contributed by atoms with Gasteiger partial charge in [0.1, 0.15) is 0 Å². The van der Waals surface area contributed by atoms with Crippen molar-refractivity contribution in [3.63, 3.8) is 0 Å². The van der Waals surface area contributed by atoms with Gasteiger partial charge < -0.3 is 14.4 Å². The van der Waals surface area contributed by atoms with Crippen LogP contribution >= 0.6 is 0 Å². The first-order chi connectivity index (χ1) is 12.4. The van der Waals surface area contributed by atoms with E-state index in [1.807, 2.05) is 37.3 Å². The van der Waals surface area contributed by atoms with Crippen LogP contribution in [0.5, 0.6) is 11.5 Å². The van der Waals surface area contributed by atoms with E-state index in [1.165, 1.54) is 32.4 Å². The Labute approximate surface area is 154 Å². The second kappa shape index (κ2) is 8.71. The molecule has 26 heavy (non-hydrogen) atoms. The summed E-state index contributed by atoms with van der Waals surface area (Å²) in [5.74, 6) is 0.274. The molecular weight excluding hydrogens is 354 g/mol. The molecule has 0 aliphatic carbocycles. The molecule has 2 aromatic carbocycles. The lowest BCUT2D eigenvalue weighted by Crippen LogP contribution is -2.31. The molecule has 0 radical (unpaired) electrons. The number of para-hydroxylation sites is 1. The predicted octanol–water partition coefficient (Wildman–Crippen LogP) is 2.92. The Hall–Kier alpha value is -2.54. The highest BCUT2D eigenvalue weighted by molar-refractivity contribution is 7.91. The number of methoxy groups -OCH3 is 2. The third kappa shape index (κ3) is 4.54. The van der Waals surface area contributed by atoms with E-state index in [0.29, 0.717) is 18.0 Å². The third-order valence-corrected chi connectivity index (χ3v) is 5.70. The van der Waals surface area contributed by atoms with Gasteiger partial charge in [-0.2, -0.15) is 0 Å². The molecule has 0 bridgehead atoms. The maximum Gasteiger partial charge on any atom is 0.228 e. The van der Waals surface area contributed by atoms with Gasteiger partial charge in [-0.3, -0.25) is 4.79 Å². The summed E-state index contributed by atoms with van der Waals surface area (Å²) in [5, 5.41) is 0. The lowest BCUT2D eigenvalue weighted by Gasteiger charge is -2.21. The van der Waals surface area contributed by atoms with E-state index in [0.717, 1.165) is 5.69 Å². The Morgan fingerprint density at radius 1 is 1.00 bits per heavy atom. The van der Waals surface area contributed by atoms with E-state index >= 15 is 0 Å². The van der Waals surface area contributed by atoms with E-state index in [-0.39, 0.29) is 23.0 Å². The third-order valence-electron chi connectivity index (χ3n) is 3.98. The fraction of sp³-hybridized carbons (Fsp3) is 0.316. The van der Waals surface area contributed by atoms with Crippen LogP contribution in [0.25, 0.3) is 0 Å². The molecule has 0 aliphatic heterocycles. The number of nitrogens with zero attached hydrogens (tertiary/aromatic N) is 1. The van der Waals surface area contributed by atoms with Crippen molar-refractivity contribution in [2.45, 2.75) is 18.2 Å². The molecule has 0 saturated carbocycles. The van der Waals surface area contributed by atoms with Crippen molar-refractivity contribution in [1.29, 1.82) is 0 Å². The summed E-state index contributed by atoms with van der Waals surface area (Å²) in [5.41, 5.74) is 0.753. The molecule has 7 heteroatoms. The van der Waals surface area contributed by atoms with Gasteiger partial charge in [0.15, 0.2) is 21.3 Å². The fourth-order valence-electron chi connectivity index (χ4n) is 2.60. The molecule has 0 fully saturated rings. The van der Waals surface area contributed by atoms with Gasteiger partial charge in [-0.05, 0) is 31.2 Å². The maximum absolute atomic E-state index is 12.6. The zero-order chi connectivity index (χ0) is 19.2. The minimum Gasteiger partial charge on any atom is -0.493 e. The van der Waals surface area contributed by atoms with Gasteiger partial charge in [0, 0.05) is 24.7 Å². The molecule has 1 amide bonds. The number of hydrogen-bond acceptors (Lipinski definition) is 5. The summed E-state index contributed by atoms with van der Waals surface area (Å²) >= 11 is 0. The van der Waals surface area contributed by atoms with Crippen LogP contribution in [0.2, 0.25) is 0 Å². The van der Waals surface area contributed by atoms with E-state index in [1.54, 1.807) is 4.90 Å². The van der Waals surface area contributed by atoms with Crippen molar-refractivity contribution >= 4 is 21.4 Å². The summed E-state index contributed by atoms with van der Waals surface area (Å²) in [7, 11) is -0.699. The van der Waals surface area contributed by atoms with Crippen molar-refractivity contribution in [2.75, 3.05) is 31.4 Å². The monoisotopic (exact) mass is 377 g/mol. The Balaban J connectivity index is 2.13. The average molecular weight is 377 g/mol. The molecule has 0 N–H and O–H groups in total. The van der Waals surface area contributed by atoms with E-state index in [9.17, 15) is 13.2 Å². The zero-order valence-corrected chi connectivity index (χ0v) is 16.0. The van der Waals surface area contributed by atoms with Crippen LogP contribution in [0.4, 0.5) is 5.69 Å². The highest BCUT2D eigenvalue weighted by atomic mass is 32.2. The first-order valence-corrected chi connectivity index (χ1v) is 9.88. The van der Waals surface area contributed by atoms with Gasteiger partial charge in [-0.15, -0.1) is 0 Å². The summed E-state index contributed by atoms with van der Waals surface area (Å²) in [6, 6.07) is 13.6. The summed E-state index contributed by atoms with van der Waals surface area (Å²) in [4.78, 5) is 14.2. The van der Waals surface area contributed by atoms with Crippen molar-refractivity contribution in [2.24, 2.45) is 0 Å². The minimum atomic E-state index is -3.62. The highest BCUT2D eigenvalue weighted by Crippen LogP contribution is 2.30. The molecule has 0 unspecified atom stereocenters. The number of benzene rings is 2. The van der Waals surface area contributed by atoms with Gasteiger partial charge in [-0.1, -0.05) is 18.2 Å². The summed E-state index contributed by atoms with van der Waals surface area (Å²) in [6.45, 7) is 2.33. The molecular formula is C19H23NO5S. The number of carbonyl (C=O) groups excluding carboxylic acids is 1. The van der Waals surface area contributed by atoms with Crippen LogP contribution in [-0.2, 0) is 14.6 Å². The normalized spacial score (nSPS) is 11.0. The van der Waals surface area contributed by atoms with Gasteiger partial charge in [-0.25, -0.2) is 8.42 Å². The molecule has 0 spiro atoms. The largest absolute Gasteiger partial charge is 0.493 e. The number of ether oxygens (including phenoxy) is 2. The fourth-order valence-corrected chi connectivity index (χ4v) is 3.84. The Morgan fingerprint density at radius 3 is 2.23 bits per heavy atom. The van der Waals surface area contributed by atoms with Crippen LogP contribution in [0.15, 0.2) is 53.4 Å². The minimum absolute atomic E-state index is 0.0978. The van der Waals surface area contributed by atoms with E-state index in [2.05, 4.69) is 0 Å². The van der Waals surface area contributed by atoms with Gasteiger partial charge >= 0.3 is 0 Å². The van der Waals surface area contributed by atoms with Crippen LogP contribution < -0.4 is 14.4 Å². The SMILES string of the molecule is CCN(C(=O)CCS(=O)(=O)c1ccc(OC)c(OC)c1)c1ccccc1. The first kappa shape index (κ1) is 19.8. The Kier molecular flexibility index (Phi) is 6.63. The number of anilines is 1. The molecule has 2 rings (SSSR count). The molecule has 6 nitrogen and oxygen atoms in total. The number of carbonyl (C=O) groups is 1. The smallest absolute Gasteiger partial charge is 0.228 e. The molecule has 0 aromatic heterocycles. The van der Waals surface area contributed by atoms with Crippen LogP contribution in [0.1, 0.15) is 13.3 Å². The molecule has 2 aromatic rings. The van der Waals surface area contributed by atoms with Gasteiger partial charge in [0.25, 0.3) is 0 Å².